The van der Waals surface area contributed by atoms with Crippen molar-refractivity contribution in [1.82, 2.24) is 9.62 Å². The van der Waals surface area contributed by atoms with Gasteiger partial charge in [-0.05, 0) is 31.0 Å². The van der Waals surface area contributed by atoms with Gasteiger partial charge in [-0.1, -0.05) is 39.7 Å². The fraction of sp³-hybridized carbons (Fsp3) is 0.632. The number of nitrogens with one attached hydrogen (secondary N) is 1. The molecule has 1 saturated heterocycles. The van der Waals surface area contributed by atoms with Gasteiger partial charge < -0.3 is 5.32 Å². The highest BCUT2D eigenvalue weighted by Crippen LogP contribution is 2.23. The summed E-state index contributed by atoms with van der Waals surface area (Å²) in [7, 11) is -3.54. The molecule has 0 spiro atoms. The number of hydrogen-bond donors (Lipinski definition) is 1. The van der Waals surface area contributed by atoms with Gasteiger partial charge in [-0.2, -0.15) is 16.1 Å². The molecule has 26 heavy (non-hydrogen) atoms. The second kappa shape index (κ2) is 9.24. The number of hydrogen-bond acceptors (Lipinski definition) is 4. The van der Waals surface area contributed by atoms with Crippen molar-refractivity contribution < 1.29 is 13.2 Å². The predicted octanol–water partition coefficient (Wildman–Crippen LogP) is 3.51. The smallest absolute Gasteiger partial charge is 0.251 e. The Kier molecular flexibility index (Phi) is 7.55. The van der Waals surface area contributed by atoms with E-state index in [2.05, 4.69) is 26.1 Å². The van der Waals surface area contributed by atoms with E-state index in [9.17, 15) is 13.2 Å². The fourth-order valence-electron chi connectivity index (χ4n) is 2.85. The molecular weight excluding hydrogens is 368 g/mol. The zero-order chi connectivity index (χ0) is 19.2. The van der Waals surface area contributed by atoms with E-state index in [1.54, 1.807) is 34.3 Å². The number of amides is 1. The van der Waals surface area contributed by atoms with Crippen molar-refractivity contribution in [3.63, 3.8) is 0 Å². The molecule has 1 heterocycles. The van der Waals surface area contributed by atoms with Gasteiger partial charge >= 0.3 is 0 Å². The summed E-state index contributed by atoms with van der Waals surface area (Å²) in [5.74, 6) is 0.591. The zero-order valence-corrected chi connectivity index (χ0v) is 17.6. The first-order valence-corrected chi connectivity index (χ1v) is 11.6. The van der Waals surface area contributed by atoms with Gasteiger partial charge in [-0.3, -0.25) is 4.79 Å². The van der Waals surface area contributed by atoms with E-state index < -0.39 is 10.0 Å². The molecule has 1 aliphatic rings. The molecule has 146 valence electrons. The van der Waals surface area contributed by atoms with Gasteiger partial charge in [0.15, 0.2) is 0 Å². The van der Waals surface area contributed by atoms with Crippen LogP contribution in [0, 0.1) is 0 Å². The van der Waals surface area contributed by atoms with Crippen LogP contribution in [0.4, 0.5) is 0 Å². The first-order chi connectivity index (χ1) is 12.2. The molecule has 1 amide bonds. The van der Waals surface area contributed by atoms with E-state index >= 15 is 0 Å². The molecule has 5 nitrogen and oxygen atoms in total. The second-order valence-corrected chi connectivity index (χ2v) is 11.4. The molecule has 0 saturated carbocycles. The number of rotatable bonds is 6. The number of carbonyl (C=O) groups is 1. The molecule has 1 N–H and O–H groups in total. The monoisotopic (exact) mass is 398 g/mol. The number of thioether (sulfide) groups is 1. The topological polar surface area (TPSA) is 66.5 Å². The van der Waals surface area contributed by atoms with Crippen molar-refractivity contribution in [3.8, 4) is 0 Å². The van der Waals surface area contributed by atoms with Crippen LogP contribution in [0.1, 0.15) is 56.8 Å². The number of sulfonamides is 1. The minimum Gasteiger partial charge on any atom is -0.351 e. The van der Waals surface area contributed by atoms with Crippen LogP contribution in [0.25, 0.3) is 0 Å². The maximum Gasteiger partial charge on any atom is 0.251 e. The summed E-state index contributed by atoms with van der Waals surface area (Å²) in [5.41, 5.74) is 0.390. The molecule has 1 aromatic carbocycles. The summed E-state index contributed by atoms with van der Waals surface area (Å²) in [6, 6.07) is 6.37. The first kappa shape index (κ1) is 21.3. The van der Waals surface area contributed by atoms with Crippen LogP contribution in [0.3, 0.4) is 0 Å². The van der Waals surface area contributed by atoms with E-state index in [4.69, 9.17) is 0 Å². The van der Waals surface area contributed by atoms with Gasteiger partial charge in [0, 0.05) is 35.7 Å². The maximum absolute atomic E-state index is 12.9. The van der Waals surface area contributed by atoms with E-state index in [1.807, 2.05) is 0 Å². The lowest BCUT2D eigenvalue weighted by atomic mass is 10.2. The molecule has 0 bridgehead atoms. The van der Waals surface area contributed by atoms with Crippen LogP contribution in [0.2, 0.25) is 0 Å². The zero-order valence-electron chi connectivity index (χ0n) is 16.0. The summed E-state index contributed by atoms with van der Waals surface area (Å²) in [6.07, 6.45) is 3.93. The fourth-order valence-corrected chi connectivity index (χ4v) is 5.23. The Balaban J connectivity index is 2.03. The Bertz CT molecular complexity index is 704. The van der Waals surface area contributed by atoms with Crippen molar-refractivity contribution in [2.24, 2.45) is 0 Å². The molecule has 0 aromatic heterocycles. The van der Waals surface area contributed by atoms with Gasteiger partial charge in [0.1, 0.15) is 0 Å². The SMILES string of the molecule is CC(C)(C)SCCNC(=O)c1cccc(S(=O)(=O)N2CCCCCC2)c1. The Morgan fingerprint density at radius 1 is 1.15 bits per heavy atom. The molecule has 7 heteroatoms. The number of benzene rings is 1. The lowest BCUT2D eigenvalue weighted by Crippen LogP contribution is -2.32. The van der Waals surface area contributed by atoms with Gasteiger partial charge in [0.05, 0.1) is 4.90 Å². The molecule has 0 atom stereocenters. The summed E-state index contributed by atoms with van der Waals surface area (Å²) < 4.78 is 27.5. The highest BCUT2D eigenvalue weighted by Gasteiger charge is 2.25. The summed E-state index contributed by atoms with van der Waals surface area (Å²) in [6.45, 7) is 8.08. The summed E-state index contributed by atoms with van der Waals surface area (Å²) in [4.78, 5) is 12.6. The van der Waals surface area contributed by atoms with Crippen LogP contribution in [-0.2, 0) is 10.0 Å². The standard InChI is InChI=1S/C19H30N2O3S2/c1-19(2,3)25-14-11-20-18(22)16-9-8-10-17(15-16)26(23,24)21-12-6-4-5-7-13-21/h8-10,15H,4-7,11-14H2,1-3H3,(H,20,22). The lowest BCUT2D eigenvalue weighted by Gasteiger charge is -2.20. The molecule has 2 rings (SSSR count). The molecule has 0 unspecified atom stereocenters. The molecule has 1 aromatic rings. The van der Waals surface area contributed by atoms with E-state index in [0.29, 0.717) is 25.2 Å². The second-order valence-electron chi connectivity index (χ2n) is 7.56. The Morgan fingerprint density at radius 2 is 1.81 bits per heavy atom. The van der Waals surface area contributed by atoms with Crippen molar-refractivity contribution >= 4 is 27.7 Å². The average Bonchev–Trinajstić information content (AvgIpc) is 2.88. The molecular formula is C19H30N2O3S2. The van der Waals surface area contributed by atoms with E-state index in [1.165, 1.54) is 6.07 Å². The predicted molar refractivity (Wildman–Crippen MR) is 108 cm³/mol. The van der Waals surface area contributed by atoms with E-state index in [0.717, 1.165) is 31.4 Å². The largest absolute Gasteiger partial charge is 0.351 e. The van der Waals surface area contributed by atoms with Gasteiger partial charge in [0.25, 0.3) is 5.91 Å². The van der Waals surface area contributed by atoms with Crippen molar-refractivity contribution in [1.29, 1.82) is 0 Å². The third kappa shape index (κ3) is 6.28. The van der Waals surface area contributed by atoms with Crippen LogP contribution in [0.5, 0.6) is 0 Å². The van der Waals surface area contributed by atoms with Crippen LogP contribution < -0.4 is 5.32 Å². The van der Waals surface area contributed by atoms with Gasteiger partial charge in [-0.15, -0.1) is 0 Å². The highest BCUT2D eigenvalue weighted by atomic mass is 32.2. The molecule has 0 aliphatic carbocycles. The highest BCUT2D eigenvalue weighted by molar-refractivity contribution is 8.00. The number of carbonyl (C=O) groups excluding carboxylic acids is 1. The Morgan fingerprint density at radius 3 is 2.42 bits per heavy atom. The minimum atomic E-state index is -3.54. The Labute approximate surface area is 162 Å². The lowest BCUT2D eigenvalue weighted by molar-refractivity contribution is 0.0956. The normalized spacial score (nSPS) is 16.9. The van der Waals surface area contributed by atoms with Crippen molar-refractivity contribution in [3.05, 3.63) is 29.8 Å². The van der Waals surface area contributed by atoms with Gasteiger partial charge in [0.2, 0.25) is 10.0 Å². The summed E-state index contributed by atoms with van der Waals surface area (Å²) >= 11 is 1.78. The Hall–Kier alpha value is -1.05. The first-order valence-electron chi connectivity index (χ1n) is 9.22. The minimum absolute atomic E-state index is 0.159. The molecule has 1 fully saturated rings. The maximum atomic E-state index is 12.9. The van der Waals surface area contributed by atoms with Crippen molar-refractivity contribution in [2.45, 2.75) is 56.1 Å². The number of nitrogens with zero attached hydrogens (tertiary/aromatic N) is 1. The van der Waals surface area contributed by atoms with Crippen LogP contribution in [-0.4, -0.2) is 48.8 Å². The molecule has 1 aliphatic heterocycles. The van der Waals surface area contributed by atoms with Crippen LogP contribution >= 0.6 is 11.8 Å². The summed E-state index contributed by atoms with van der Waals surface area (Å²) in [5, 5.41) is 2.87. The van der Waals surface area contributed by atoms with Crippen LogP contribution in [0.15, 0.2) is 29.2 Å². The van der Waals surface area contributed by atoms with Crippen molar-refractivity contribution in [2.75, 3.05) is 25.4 Å². The third-order valence-electron chi connectivity index (χ3n) is 4.22. The third-order valence-corrected chi connectivity index (χ3v) is 7.39. The quantitative estimate of drug-likeness (QED) is 0.745. The molecule has 0 radical (unpaired) electrons. The van der Waals surface area contributed by atoms with Gasteiger partial charge in [-0.25, -0.2) is 8.42 Å². The average molecular weight is 399 g/mol. The van der Waals surface area contributed by atoms with E-state index in [-0.39, 0.29) is 15.5 Å².